The van der Waals surface area contributed by atoms with Crippen molar-refractivity contribution in [2.45, 2.75) is 180 Å². The van der Waals surface area contributed by atoms with Gasteiger partial charge in [-0.2, -0.15) is 0 Å². The SMILES string of the molecule is CCCCCCOC(=O)C1CC2OC2CC1C(=O)OCCCCCCCCCCCCOC(=O)C1CC2OC2CC1C(=O)OCCCCCC. The van der Waals surface area contributed by atoms with E-state index >= 15 is 0 Å². The first-order valence-electron chi connectivity index (χ1n) is 20.4. The lowest BCUT2D eigenvalue weighted by Crippen LogP contribution is -2.37. The van der Waals surface area contributed by atoms with Gasteiger partial charge in [0.25, 0.3) is 0 Å². The molecule has 4 aliphatic rings. The zero-order chi connectivity index (χ0) is 35.6. The molecule has 10 nitrogen and oxygen atoms in total. The standard InChI is InChI=1S/C40H66O10/c1-3-5-7-17-21-45-37(41)29-25-33-35(49-33)27-31(29)39(43)47-23-19-15-13-11-9-10-12-14-16-20-24-48-40(44)32-28-36-34(50-36)26-30(32)38(42)46-22-18-8-6-4-2/h29-36H,3-28H2,1-2H3. The van der Waals surface area contributed by atoms with Gasteiger partial charge in [0.15, 0.2) is 0 Å². The Kier molecular flexibility index (Phi) is 18.4. The molecule has 0 N–H and O–H groups in total. The van der Waals surface area contributed by atoms with E-state index in [9.17, 15) is 19.2 Å². The molecule has 0 aromatic carbocycles. The molecule has 0 aromatic rings. The third-order valence-corrected chi connectivity index (χ3v) is 11.0. The van der Waals surface area contributed by atoms with Gasteiger partial charge in [0.1, 0.15) is 0 Å². The third-order valence-electron chi connectivity index (χ3n) is 11.0. The minimum Gasteiger partial charge on any atom is -0.465 e. The van der Waals surface area contributed by atoms with Crippen molar-refractivity contribution >= 4 is 23.9 Å². The number of ether oxygens (including phenoxy) is 6. The average molecular weight is 707 g/mol. The minimum absolute atomic E-state index is 0.0858. The highest BCUT2D eigenvalue weighted by atomic mass is 16.6. The maximum atomic E-state index is 12.9. The summed E-state index contributed by atoms with van der Waals surface area (Å²) in [5.74, 6) is -2.93. The third kappa shape index (κ3) is 14.1. The number of hydrogen-bond donors (Lipinski definition) is 0. The Bertz CT molecular complexity index is 952. The van der Waals surface area contributed by atoms with Crippen LogP contribution in [0.25, 0.3) is 0 Å². The molecule has 50 heavy (non-hydrogen) atoms. The van der Waals surface area contributed by atoms with Crippen LogP contribution in [0.2, 0.25) is 0 Å². The molecular weight excluding hydrogens is 640 g/mol. The van der Waals surface area contributed by atoms with Crippen molar-refractivity contribution in [3.8, 4) is 0 Å². The highest BCUT2D eigenvalue weighted by Crippen LogP contribution is 2.45. The van der Waals surface area contributed by atoms with Crippen LogP contribution < -0.4 is 0 Å². The summed E-state index contributed by atoms with van der Waals surface area (Å²) >= 11 is 0. The maximum absolute atomic E-state index is 12.9. The molecule has 0 amide bonds. The van der Waals surface area contributed by atoms with Crippen LogP contribution in [-0.4, -0.2) is 74.7 Å². The minimum atomic E-state index is -0.459. The molecule has 10 heteroatoms. The Morgan fingerprint density at radius 3 is 0.840 bits per heavy atom. The molecular formula is C40H66O10. The molecule has 4 rings (SSSR count). The molecule has 2 aliphatic heterocycles. The number of carbonyl (C=O) groups is 4. The Morgan fingerprint density at radius 2 is 0.600 bits per heavy atom. The summed E-state index contributed by atoms with van der Waals surface area (Å²) in [6.45, 7) is 5.93. The first-order chi connectivity index (χ1) is 24.4. The Labute approximate surface area is 300 Å². The van der Waals surface area contributed by atoms with Crippen LogP contribution in [-0.2, 0) is 47.6 Å². The van der Waals surface area contributed by atoms with Crippen LogP contribution in [0.15, 0.2) is 0 Å². The molecule has 0 aromatic heterocycles. The lowest BCUT2D eigenvalue weighted by atomic mass is 9.79. The normalized spacial score (nSPS) is 27.8. The van der Waals surface area contributed by atoms with E-state index in [2.05, 4.69) is 13.8 Å². The van der Waals surface area contributed by atoms with Crippen LogP contribution in [0.3, 0.4) is 0 Å². The number of unbranched alkanes of at least 4 members (excludes halogenated alkanes) is 15. The van der Waals surface area contributed by atoms with Crippen molar-refractivity contribution in [2.75, 3.05) is 26.4 Å². The number of epoxide rings is 2. The van der Waals surface area contributed by atoms with E-state index in [4.69, 9.17) is 28.4 Å². The van der Waals surface area contributed by atoms with Crippen molar-refractivity contribution in [1.82, 2.24) is 0 Å². The molecule has 0 bridgehead atoms. The van der Waals surface area contributed by atoms with E-state index in [1.54, 1.807) is 0 Å². The Hall–Kier alpha value is -2.20. The van der Waals surface area contributed by atoms with Gasteiger partial charge in [0, 0.05) is 0 Å². The molecule has 0 radical (unpaired) electrons. The fourth-order valence-corrected chi connectivity index (χ4v) is 7.68. The van der Waals surface area contributed by atoms with Crippen LogP contribution in [0.1, 0.15) is 155 Å². The van der Waals surface area contributed by atoms with Gasteiger partial charge < -0.3 is 28.4 Å². The molecule has 2 heterocycles. The number of rotatable bonds is 27. The van der Waals surface area contributed by atoms with E-state index in [1.807, 2.05) is 0 Å². The molecule has 2 saturated heterocycles. The maximum Gasteiger partial charge on any atom is 0.309 e. The molecule has 2 saturated carbocycles. The molecule has 8 unspecified atom stereocenters. The second-order valence-corrected chi connectivity index (χ2v) is 15.1. The van der Waals surface area contributed by atoms with Gasteiger partial charge in [-0.05, 0) is 51.4 Å². The van der Waals surface area contributed by atoms with Crippen molar-refractivity contribution < 1.29 is 47.6 Å². The van der Waals surface area contributed by atoms with E-state index < -0.39 is 23.7 Å². The number of carbonyl (C=O) groups excluding carboxylic acids is 4. The van der Waals surface area contributed by atoms with Gasteiger partial charge in [-0.3, -0.25) is 19.2 Å². The quantitative estimate of drug-likeness (QED) is 0.0361. The second kappa shape index (κ2) is 22.7. The lowest BCUT2D eigenvalue weighted by Gasteiger charge is -2.26. The first-order valence-corrected chi connectivity index (χ1v) is 20.4. The topological polar surface area (TPSA) is 130 Å². The summed E-state index contributed by atoms with van der Waals surface area (Å²) in [6, 6.07) is 0. The summed E-state index contributed by atoms with van der Waals surface area (Å²) in [7, 11) is 0. The van der Waals surface area contributed by atoms with E-state index in [0.29, 0.717) is 52.1 Å². The second-order valence-electron chi connectivity index (χ2n) is 15.1. The van der Waals surface area contributed by atoms with Gasteiger partial charge >= 0.3 is 23.9 Å². The van der Waals surface area contributed by atoms with Crippen molar-refractivity contribution in [3.05, 3.63) is 0 Å². The smallest absolute Gasteiger partial charge is 0.309 e. The Balaban J connectivity index is 0.959. The van der Waals surface area contributed by atoms with Crippen molar-refractivity contribution in [3.63, 3.8) is 0 Å². The molecule has 2 aliphatic carbocycles. The number of hydrogen-bond acceptors (Lipinski definition) is 10. The molecule has 0 spiro atoms. The van der Waals surface area contributed by atoms with E-state index in [-0.39, 0.29) is 48.3 Å². The zero-order valence-corrected chi connectivity index (χ0v) is 31.1. The lowest BCUT2D eigenvalue weighted by molar-refractivity contribution is -0.162. The summed E-state index contributed by atoms with van der Waals surface area (Å²) in [5, 5.41) is 0. The molecule has 8 atom stereocenters. The number of fused-ring (bicyclic) bond motifs is 2. The highest BCUT2D eigenvalue weighted by molar-refractivity contribution is 5.83. The monoisotopic (exact) mass is 706 g/mol. The fourth-order valence-electron chi connectivity index (χ4n) is 7.68. The predicted molar refractivity (Wildman–Crippen MR) is 188 cm³/mol. The van der Waals surface area contributed by atoms with Crippen molar-refractivity contribution in [2.24, 2.45) is 23.7 Å². The van der Waals surface area contributed by atoms with E-state index in [0.717, 1.165) is 103 Å². The summed E-state index contributed by atoms with van der Waals surface area (Å²) in [5.41, 5.74) is 0. The Morgan fingerprint density at radius 1 is 0.380 bits per heavy atom. The summed E-state index contributed by atoms with van der Waals surface area (Å²) in [4.78, 5) is 51.2. The highest BCUT2D eigenvalue weighted by Gasteiger charge is 2.54. The summed E-state index contributed by atoms with van der Waals surface area (Å²) in [6.07, 6.45) is 21.6. The largest absolute Gasteiger partial charge is 0.465 e. The van der Waals surface area contributed by atoms with Gasteiger partial charge in [-0.15, -0.1) is 0 Å². The first kappa shape index (κ1) is 40.6. The van der Waals surface area contributed by atoms with E-state index in [1.165, 1.54) is 12.8 Å². The van der Waals surface area contributed by atoms with Crippen LogP contribution >= 0.6 is 0 Å². The van der Waals surface area contributed by atoms with Gasteiger partial charge in [-0.1, -0.05) is 104 Å². The predicted octanol–water partition coefficient (Wildman–Crippen LogP) is 7.81. The summed E-state index contributed by atoms with van der Waals surface area (Å²) < 4.78 is 33.5. The average Bonchev–Trinajstić information content (AvgIpc) is 4.05. The van der Waals surface area contributed by atoms with Crippen LogP contribution in [0, 0.1) is 23.7 Å². The van der Waals surface area contributed by atoms with Gasteiger partial charge in [0.2, 0.25) is 0 Å². The van der Waals surface area contributed by atoms with Crippen LogP contribution in [0.5, 0.6) is 0 Å². The van der Waals surface area contributed by atoms with Gasteiger partial charge in [0.05, 0.1) is 74.5 Å². The van der Waals surface area contributed by atoms with Crippen molar-refractivity contribution in [1.29, 1.82) is 0 Å². The molecule has 4 fully saturated rings. The molecule has 286 valence electrons. The number of esters is 4. The van der Waals surface area contributed by atoms with Gasteiger partial charge in [-0.25, -0.2) is 0 Å². The zero-order valence-electron chi connectivity index (χ0n) is 31.1. The fraction of sp³-hybridized carbons (Fsp3) is 0.900. The van der Waals surface area contributed by atoms with Crippen LogP contribution in [0.4, 0.5) is 0 Å².